The monoisotopic (exact) mass is 314 g/mol. The lowest BCUT2D eigenvalue weighted by atomic mass is 10.2. The van der Waals surface area contributed by atoms with Crippen molar-refractivity contribution in [2.24, 2.45) is 0 Å². The van der Waals surface area contributed by atoms with E-state index in [1.807, 2.05) is 13.8 Å². The van der Waals surface area contributed by atoms with Gasteiger partial charge in [-0.05, 0) is 39.1 Å². The molecule has 1 amide bonds. The summed E-state index contributed by atoms with van der Waals surface area (Å²) in [6.45, 7) is 4.91. The highest BCUT2D eigenvalue weighted by Crippen LogP contribution is 2.26. The van der Waals surface area contributed by atoms with Crippen molar-refractivity contribution in [3.63, 3.8) is 0 Å². The smallest absolute Gasteiger partial charge is 0.240 e. The van der Waals surface area contributed by atoms with Crippen molar-refractivity contribution in [3.05, 3.63) is 18.2 Å². The summed E-state index contributed by atoms with van der Waals surface area (Å²) in [7, 11) is -2.21. The third-order valence-corrected chi connectivity index (χ3v) is 4.42. The number of sulfonamides is 1. The fraction of sp³-hybridized carbons (Fsp3) is 0.462. The topological polar surface area (TPSA) is 105 Å². The molecular weight excluding hydrogens is 292 g/mol. The van der Waals surface area contributed by atoms with Gasteiger partial charge in [0.2, 0.25) is 15.9 Å². The number of nitrogens with two attached hydrogens (primary N) is 1. The van der Waals surface area contributed by atoms with Crippen molar-refractivity contribution in [1.29, 1.82) is 0 Å². The van der Waals surface area contributed by atoms with E-state index in [2.05, 4.69) is 10.0 Å². The number of carbonyl (C=O) groups is 1. The second-order valence-corrected chi connectivity index (χ2v) is 6.28. The number of carbonyl (C=O) groups excluding carboxylic acids is 1. The molecule has 0 radical (unpaired) electrons. The highest BCUT2D eigenvalue weighted by atomic mass is 32.2. The Balaban J connectivity index is 3.14. The zero-order chi connectivity index (χ0) is 16.0. The molecule has 0 spiro atoms. The Bertz CT molecular complexity index is 601. The zero-order valence-electron chi connectivity index (χ0n) is 12.5. The molecular formula is C13H22N4O3S. The lowest BCUT2D eigenvalue weighted by Gasteiger charge is -2.24. The van der Waals surface area contributed by atoms with Crippen LogP contribution in [0, 0.1) is 0 Å². The molecule has 0 aromatic heterocycles. The molecule has 0 unspecified atom stereocenters. The Morgan fingerprint density at radius 1 is 1.33 bits per heavy atom. The average Bonchev–Trinajstić information content (AvgIpc) is 2.45. The van der Waals surface area contributed by atoms with E-state index in [4.69, 9.17) is 5.73 Å². The third-order valence-electron chi connectivity index (χ3n) is 3.01. The van der Waals surface area contributed by atoms with Gasteiger partial charge in [-0.15, -0.1) is 0 Å². The molecule has 1 rings (SSSR count). The number of hydrogen-bond acceptors (Lipinski definition) is 5. The fourth-order valence-corrected chi connectivity index (χ4v) is 2.63. The zero-order valence-corrected chi connectivity index (χ0v) is 13.3. The normalized spacial score (nSPS) is 11.2. The van der Waals surface area contributed by atoms with E-state index in [0.717, 1.165) is 0 Å². The van der Waals surface area contributed by atoms with Crippen LogP contribution in [-0.2, 0) is 14.8 Å². The number of benzene rings is 1. The van der Waals surface area contributed by atoms with Crippen LogP contribution in [0.4, 0.5) is 11.4 Å². The maximum Gasteiger partial charge on any atom is 0.240 e. The SMILES string of the molecule is CCNC(=O)CN(CC)c1cc(S(=O)(=O)NC)ccc1N. The van der Waals surface area contributed by atoms with Gasteiger partial charge < -0.3 is 16.0 Å². The Hall–Kier alpha value is -1.80. The van der Waals surface area contributed by atoms with Crippen LogP contribution in [0.2, 0.25) is 0 Å². The van der Waals surface area contributed by atoms with Crippen molar-refractivity contribution in [2.45, 2.75) is 18.7 Å². The van der Waals surface area contributed by atoms with Gasteiger partial charge in [0, 0.05) is 13.1 Å². The second-order valence-electron chi connectivity index (χ2n) is 4.40. The molecule has 8 heteroatoms. The van der Waals surface area contributed by atoms with Gasteiger partial charge in [0.15, 0.2) is 0 Å². The largest absolute Gasteiger partial charge is 0.397 e. The summed E-state index contributed by atoms with van der Waals surface area (Å²) in [4.78, 5) is 13.6. The molecule has 0 fully saturated rings. The van der Waals surface area contributed by atoms with Crippen LogP contribution in [0.15, 0.2) is 23.1 Å². The molecule has 4 N–H and O–H groups in total. The molecule has 0 saturated heterocycles. The predicted octanol–water partition coefficient (Wildman–Crippen LogP) is 0.139. The number of nitrogens with one attached hydrogen (secondary N) is 2. The molecule has 0 aliphatic carbocycles. The Kier molecular flexibility index (Phi) is 5.98. The van der Waals surface area contributed by atoms with E-state index in [1.165, 1.54) is 25.2 Å². The molecule has 0 heterocycles. The number of anilines is 2. The Labute approximate surface area is 125 Å². The first kappa shape index (κ1) is 17.3. The highest BCUT2D eigenvalue weighted by molar-refractivity contribution is 7.89. The minimum absolute atomic E-state index is 0.114. The van der Waals surface area contributed by atoms with E-state index in [0.29, 0.717) is 24.5 Å². The van der Waals surface area contributed by atoms with Gasteiger partial charge in [0.25, 0.3) is 0 Å². The maximum atomic E-state index is 11.9. The van der Waals surface area contributed by atoms with Gasteiger partial charge in [-0.25, -0.2) is 13.1 Å². The van der Waals surface area contributed by atoms with Crippen LogP contribution >= 0.6 is 0 Å². The first-order valence-corrected chi connectivity index (χ1v) is 8.18. The van der Waals surface area contributed by atoms with Gasteiger partial charge in [-0.2, -0.15) is 0 Å². The summed E-state index contributed by atoms with van der Waals surface area (Å²) >= 11 is 0. The minimum atomic E-state index is -3.55. The number of likely N-dealkylation sites (N-methyl/N-ethyl adjacent to an activating group) is 2. The molecule has 1 aromatic carbocycles. The van der Waals surface area contributed by atoms with E-state index < -0.39 is 10.0 Å². The summed E-state index contributed by atoms with van der Waals surface area (Å²) in [5, 5.41) is 2.70. The van der Waals surface area contributed by atoms with Gasteiger partial charge in [0.1, 0.15) is 0 Å². The summed E-state index contributed by atoms with van der Waals surface area (Å²) in [6.07, 6.45) is 0. The quantitative estimate of drug-likeness (QED) is 0.621. The Morgan fingerprint density at radius 2 is 2.00 bits per heavy atom. The summed E-state index contributed by atoms with van der Waals surface area (Å²) in [5.74, 6) is -0.138. The number of nitrogens with zero attached hydrogens (tertiary/aromatic N) is 1. The van der Waals surface area contributed by atoms with Gasteiger partial charge in [-0.1, -0.05) is 0 Å². The predicted molar refractivity (Wildman–Crippen MR) is 83.7 cm³/mol. The first-order valence-electron chi connectivity index (χ1n) is 6.70. The van der Waals surface area contributed by atoms with Gasteiger partial charge >= 0.3 is 0 Å². The van der Waals surface area contributed by atoms with Crippen molar-refractivity contribution in [1.82, 2.24) is 10.0 Å². The highest BCUT2D eigenvalue weighted by Gasteiger charge is 2.17. The number of amides is 1. The van der Waals surface area contributed by atoms with Crippen molar-refractivity contribution >= 4 is 27.3 Å². The van der Waals surface area contributed by atoms with Crippen LogP contribution in [0.5, 0.6) is 0 Å². The maximum absolute atomic E-state index is 11.9. The number of hydrogen-bond donors (Lipinski definition) is 3. The number of rotatable bonds is 7. The fourth-order valence-electron chi connectivity index (χ4n) is 1.88. The summed E-state index contributed by atoms with van der Waals surface area (Å²) < 4.78 is 26.0. The van der Waals surface area contributed by atoms with Crippen molar-refractivity contribution < 1.29 is 13.2 Å². The summed E-state index contributed by atoms with van der Waals surface area (Å²) in [6, 6.07) is 4.44. The lowest BCUT2D eigenvalue weighted by Crippen LogP contribution is -2.37. The van der Waals surface area contributed by atoms with E-state index in [9.17, 15) is 13.2 Å². The number of nitrogen functional groups attached to an aromatic ring is 1. The molecule has 21 heavy (non-hydrogen) atoms. The molecule has 0 aliphatic heterocycles. The molecule has 7 nitrogen and oxygen atoms in total. The average molecular weight is 314 g/mol. The van der Waals surface area contributed by atoms with E-state index in [1.54, 1.807) is 4.90 Å². The van der Waals surface area contributed by atoms with Crippen LogP contribution < -0.4 is 20.7 Å². The van der Waals surface area contributed by atoms with E-state index >= 15 is 0 Å². The minimum Gasteiger partial charge on any atom is -0.397 e. The Morgan fingerprint density at radius 3 is 2.52 bits per heavy atom. The molecule has 0 saturated carbocycles. The summed E-state index contributed by atoms with van der Waals surface area (Å²) in [5.41, 5.74) is 6.87. The molecule has 118 valence electrons. The third kappa shape index (κ3) is 4.33. The lowest BCUT2D eigenvalue weighted by molar-refractivity contribution is -0.119. The van der Waals surface area contributed by atoms with Crippen LogP contribution in [0.3, 0.4) is 0 Å². The van der Waals surface area contributed by atoms with E-state index in [-0.39, 0.29) is 17.3 Å². The van der Waals surface area contributed by atoms with Crippen LogP contribution in [0.1, 0.15) is 13.8 Å². The molecule has 0 atom stereocenters. The van der Waals surface area contributed by atoms with Gasteiger partial charge in [-0.3, -0.25) is 4.79 Å². The van der Waals surface area contributed by atoms with Crippen LogP contribution in [-0.4, -0.2) is 41.0 Å². The first-order chi connectivity index (χ1) is 9.85. The molecule has 1 aromatic rings. The molecule has 0 aliphatic rings. The van der Waals surface area contributed by atoms with Gasteiger partial charge in [0.05, 0.1) is 22.8 Å². The second kappa shape index (κ2) is 7.28. The van der Waals surface area contributed by atoms with Crippen molar-refractivity contribution in [3.8, 4) is 0 Å². The van der Waals surface area contributed by atoms with Crippen LogP contribution in [0.25, 0.3) is 0 Å². The molecule has 0 bridgehead atoms. The standard InChI is InChI=1S/C13H22N4O3S/c1-4-16-13(18)9-17(5-2)12-8-10(6-7-11(12)14)21(19,20)15-3/h6-8,15H,4-5,9,14H2,1-3H3,(H,16,18). The van der Waals surface area contributed by atoms with Crippen molar-refractivity contribution in [2.75, 3.05) is 37.3 Å².